The van der Waals surface area contributed by atoms with Gasteiger partial charge >= 0.3 is 13.0 Å². The first kappa shape index (κ1) is 24.2. The van der Waals surface area contributed by atoms with Gasteiger partial charge in [-0.1, -0.05) is 6.07 Å². The number of alkyl halides is 5. The fourth-order valence-corrected chi connectivity index (χ4v) is 2.62. The lowest BCUT2D eigenvalue weighted by atomic mass is 10.1. The Morgan fingerprint density at radius 1 is 1.10 bits per heavy atom. The van der Waals surface area contributed by atoms with Gasteiger partial charge in [-0.15, -0.1) is 13.2 Å². The first-order valence-corrected chi connectivity index (χ1v) is 8.97. The van der Waals surface area contributed by atoms with Crippen molar-refractivity contribution in [3.8, 4) is 17.2 Å². The van der Waals surface area contributed by atoms with Crippen molar-refractivity contribution in [3.63, 3.8) is 0 Å². The zero-order valence-electron chi connectivity index (χ0n) is 16.9. The van der Waals surface area contributed by atoms with Gasteiger partial charge in [-0.2, -0.15) is 8.78 Å². The smallest absolute Gasteiger partial charge is 0.493 e. The third kappa shape index (κ3) is 7.59. The van der Waals surface area contributed by atoms with Gasteiger partial charge in [0, 0.05) is 12.2 Å². The van der Waals surface area contributed by atoms with E-state index in [1.54, 1.807) is 24.9 Å². The molecule has 2 rings (SSSR count). The summed E-state index contributed by atoms with van der Waals surface area (Å²) in [6.45, 7) is -1.06. The molecule has 0 aromatic heterocycles. The molecule has 0 fully saturated rings. The van der Waals surface area contributed by atoms with E-state index in [1.807, 2.05) is 0 Å². The SMILES string of the molecule is COc1cc(CN(C)C(C)C(=O)Nc2ccc(OC(F)(F)F)cc2)ccc1OC(F)F. The maximum Gasteiger partial charge on any atom is 0.573 e. The van der Waals surface area contributed by atoms with E-state index < -0.39 is 30.7 Å². The van der Waals surface area contributed by atoms with Crippen LogP contribution in [-0.4, -0.2) is 44.0 Å². The molecule has 0 aliphatic rings. The van der Waals surface area contributed by atoms with Crippen LogP contribution in [0.2, 0.25) is 0 Å². The predicted octanol–water partition coefficient (Wildman–Crippen LogP) is 4.65. The van der Waals surface area contributed by atoms with Crippen LogP contribution < -0.4 is 19.5 Å². The highest BCUT2D eigenvalue weighted by Crippen LogP contribution is 2.30. The molecule has 1 amide bonds. The zero-order chi connectivity index (χ0) is 23.2. The molecule has 0 saturated heterocycles. The van der Waals surface area contributed by atoms with Crippen molar-refractivity contribution in [3.05, 3.63) is 48.0 Å². The summed E-state index contributed by atoms with van der Waals surface area (Å²) in [5, 5.41) is 2.61. The highest BCUT2D eigenvalue weighted by molar-refractivity contribution is 5.94. The Morgan fingerprint density at radius 2 is 1.74 bits per heavy atom. The van der Waals surface area contributed by atoms with E-state index in [0.717, 1.165) is 12.1 Å². The van der Waals surface area contributed by atoms with E-state index >= 15 is 0 Å². The van der Waals surface area contributed by atoms with Crippen molar-refractivity contribution >= 4 is 11.6 Å². The van der Waals surface area contributed by atoms with Crippen LogP contribution >= 0.6 is 0 Å². The number of halogens is 5. The summed E-state index contributed by atoms with van der Waals surface area (Å²) in [6, 6.07) is 8.59. The number of hydrogen-bond acceptors (Lipinski definition) is 5. The van der Waals surface area contributed by atoms with Crippen LogP contribution in [0.4, 0.5) is 27.6 Å². The Bertz CT molecular complexity index is 875. The van der Waals surface area contributed by atoms with E-state index in [-0.39, 0.29) is 18.0 Å². The molecule has 0 saturated carbocycles. The molecule has 2 aromatic carbocycles. The van der Waals surface area contributed by atoms with Crippen molar-refractivity contribution in [2.45, 2.75) is 32.5 Å². The van der Waals surface area contributed by atoms with E-state index in [2.05, 4.69) is 14.8 Å². The maximum absolute atomic E-state index is 12.5. The standard InChI is InChI=1S/C20H21F5N2O4/c1-12(18(28)26-14-5-7-15(8-6-14)31-20(23,24)25)27(2)11-13-4-9-16(30-19(21)22)17(10-13)29-3/h4-10,12,19H,11H2,1-3H3,(H,26,28). The number of likely N-dealkylation sites (N-methyl/N-ethyl adjacent to an activating group) is 1. The van der Waals surface area contributed by atoms with Crippen molar-refractivity contribution in [2.75, 3.05) is 19.5 Å². The van der Waals surface area contributed by atoms with E-state index in [1.165, 1.54) is 31.4 Å². The van der Waals surface area contributed by atoms with Crippen molar-refractivity contribution in [1.82, 2.24) is 4.90 Å². The first-order valence-electron chi connectivity index (χ1n) is 8.97. The van der Waals surface area contributed by atoms with Gasteiger partial charge in [-0.3, -0.25) is 9.69 Å². The number of nitrogens with zero attached hydrogens (tertiary/aromatic N) is 1. The quantitative estimate of drug-likeness (QED) is 0.566. The second-order valence-corrected chi connectivity index (χ2v) is 6.52. The molecule has 170 valence electrons. The summed E-state index contributed by atoms with van der Waals surface area (Å²) < 4.78 is 74.7. The molecule has 6 nitrogen and oxygen atoms in total. The summed E-state index contributed by atoms with van der Waals surface area (Å²) in [5.41, 5.74) is 0.990. The van der Waals surface area contributed by atoms with Gasteiger partial charge in [0.2, 0.25) is 5.91 Å². The van der Waals surface area contributed by atoms with Crippen molar-refractivity contribution in [1.29, 1.82) is 0 Å². The molecular weight excluding hydrogens is 427 g/mol. The number of benzene rings is 2. The molecule has 11 heteroatoms. The second-order valence-electron chi connectivity index (χ2n) is 6.52. The number of anilines is 1. The van der Waals surface area contributed by atoms with Gasteiger partial charge in [-0.25, -0.2) is 0 Å². The average Bonchev–Trinajstić information content (AvgIpc) is 2.68. The molecule has 1 unspecified atom stereocenters. The van der Waals surface area contributed by atoms with E-state index in [0.29, 0.717) is 11.3 Å². The Balaban J connectivity index is 1.98. The molecule has 31 heavy (non-hydrogen) atoms. The van der Waals surface area contributed by atoms with Crippen LogP contribution in [0.15, 0.2) is 42.5 Å². The normalized spacial score (nSPS) is 12.6. The summed E-state index contributed by atoms with van der Waals surface area (Å²) >= 11 is 0. The Labute approximate surface area is 175 Å². The fourth-order valence-electron chi connectivity index (χ4n) is 2.62. The largest absolute Gasteiger partial charge is 0.573 e. The van der Waals surface area contributed by atoms with Crippen molar-refractivity contribution in [2.24, 2.45) is 0 Å². The lowest BCUT2D eigenvalue weighted by Gasteiger charge is -2.24. The van der Waals surface area contributed by atoms with Crippen LogP contribution in [0, 0.1) is 0 Å². The van der Waals surface area contributed by atoms with Gasteiger partial charge in [0.1, 0.15) is 5.75 Å². The third-order valence-corrected chi connectivity index (χ3v) is 4.27. The van der Waals surface area contributed by atoms with Gasteiger partial charge in [-0.05, 0) is 55.9 Å². The summed E-state index contributed by atoms with van der Waals surface area (Å²) in [7, 11) is 3.00. The number of carbonyl (C=O) groups excluding carboxylic acids is 1. The van der Waals surface area contributed by atoms with Crippen LogP contribution in [0.5, 0.6) is 17.2 Å². The molecule has 1 atom stereocenters. The zero-order valence-corrected chi connectivity index (χ0v) is 16.9. The summed E-state index contributed by atoms with van der Waals surface area (Å²) in [4.78, 5) is 14.2. The topological polar surface area (TPSA) is 60.0 Å². The molecule has 0 spiro atoms. The molecule has 0 aliphatic heterocycles. The Hall–Kier alpha value is -3.08. The minimum Gasteiger partial charge on any atom is -0.493 e. The Kier molecular flexibility index (Phi) is 8.03. The minimum atomic E-state index is -4.80. The van der Waals surface area contributed by atoms with Crippen LogP contribution in [0.25, 0.3) is 0 Å². The molecule has 0 heterocycles. The lowest BCUT2D eigenvalue weighted by molar-refractivity contribution is -0.274. The van der Waals surface area contributed by atoms with Gasteiger partial charge in [0.15, 0.2) is 11.5 Å². The Morgan fingerprint density at radius 3 is 2.29 bits per heavy atom. The van der Waals surface area contributed by atoms with E-state index in [9.17, 15) is 26.7 Å². The van der Waals surface area contributed by atoms with Crippen LogP contribution in [-0.2, 0) is 11.3 Å². The minimum absolute atomic E-state index is 0.104. The predicted molar refractivity (Wildman–Crippen MR) is 102 cm³/mol. The molecule has 2 aromatic rings. The number of amides is 1. The molecular formula is C20H21F5N2O4. The van der Waals surface area contributed by atoms with Gasteiger partial charge in [0.05, 0.1) is 13.2 Å². The second kappa shape index (κ2) is 10.3. The maximum atomic E-state index is 12.5. The number of nitrogens with one attached hydrogen (secondary N) is 1. The first-order chi connectivity index (χ1) is 14.5. The molecule has 1 N–H and O–H groups in total. The highest BCUT2D eigenvalue weighted by atomic mass is 19.4. The van der Waals surface area contributed by atoms with Gasteiger partial charge in [0.25, 0.3) is 0 Å². The average molecular weight is 448 g/mol. The lowest BCUT2D eigenvalue weighted by Crippen LogP contribution is -2.39. The number of ether oxygens (including phenoxy) is 3. The monoisotopic (exact) mass is 448 g/mol. The van der Waals surface area contributed by atoms with Gasteiger partial charge < -0.3 is 19.5 Å². The molecule has 0 radical (unpaired) electrons. The highest BCUT2D eigenvalue weighted by Gasteiger charge is 2.31. The van der Waals surface area contributed by atoms with Crippen LogP contribution in [0.1, 0.15) is 12.5 Å². The number of carbonyl (C=O) groups is 1. The van der Waals surface area contributed by atoms with Crippen LogP contribution in [0.3, 0.4) is 0 Å². The van der Waals surface area contributed by atoms with E-state index in [4.69, 9.17) is 4.74 Å². The number of rotatable bonds is 9. The fraction of sp³-hybridized carbons (Fsp3) is 0.350. The number of methoxy groups -OCH3 is 1. The summed E-state index contributed by atoms with van der Waals surface area (Å²) in [6.07, 6.45) is -4.80. The molecule has 0 bridgehead atoms. The third-order valence-electron chi connectivity index (χ3n) is 4.27. The van der Waals surface area contributed by atoms with Crippen molar-refractivity contribution < 1.29 is 41.0 Å². The molecule has 0 aliphatic carbocycles. The summed E-state index contributed by atoms with van der Waals surface area (Å²) in [5.74, 6) is -0.766. The number of hydrogen-bond donors (Lipinski definition) is 1.